The molecule has 98 valence electrons. The first-order valence-electron chi connectivity index (χ1n) is 5.96. The second kappa shape index (κ2) is 9.91. The lowest BCUT2D eigenvalue weighted by Crippen LogP contribution is -2.33. The SMILES string of the molecule is CC(C)CCC(C)NC(=O)CCC(C)N.Cl. The summed E-state index contributed by atoms with van der Waals surface area (Å²) in [6, 6.07) is 0.398. The van der Waals surface area contributed by atoms with Crippen molar-refractivity contribution in [1.29, 1.82) is 0 Å². The van der Waals surface area contributed by atoms with Crippen molar-refractivity contribution in [2.45, 2.75) is 65.5 Å². The van der Waals surface area contributed by atoms with E-state index in [0.717, 1.165) is 19.3 Å². The van der Waals surface area contributed by atoms with E-state index in [1.807, 2.05) is 6.92 Å². The molecule has 0 aromatic heterocycles. The van der Waals surface area contributed by atoms with Crippen LogP contribution in [0.25, 0.3) is 0 Å². The van der Waals surface area contributed by atoms with Gasteiger partial charge in [0.25, 0.3) is 0 Å². The first-order valence-corrected chi connectivity index (χ1v) is 5.96. The number of nitrogens with two attached hydrogens (primary N) is 1. The van der Waals surface area contributed by atoms with Crippen LogP contribution in [0.3, 0.4) is 0 Å². The molecule has 16 heavy (non-hydrogen) atoms. The van der Waals surface area contributed by atoms with E-state index >= 15 is 0 Å². The first-order chi connectivity index (χ1) is 6.91. The smallest absolute Gasteiger partial charge is 0.220 e. The normalized spacial score (nSPS) is 14.1. The fraction of sp³-hybridized carbons (Fsp3) is 0.917. The van der Waals surface area contributed by atoms with Gasteiger partial charge >= 0.3 is 0 Å². The molecule has 0 aromatic rings. The first kappa shape index (κ1) is 18.1. The van der Waals surface area contributed by atoms with E-state index in [1.165, 1.54) is 0 Å². The van der Waals surface area contributed by atoms with Gasteiger partial charge < -0.3 is 11.1 Å². The molecular formula is C12H27ClN2O. The minimum atomic E-state index is 0. The van der Waals surface area contributed by atoms with Gasteiger partial charge in [-0.1, -0.05) is 13.8 Å². The van der Waals surface area contributed by atoms with E-state index in [9.17, 15) is 4.79 Å². The topological polar surface area (TPSA) is 55.1 Å². The predicted octanol–water partition coefficient (Wildman–Crippen LogP) is 2.48. The highest BCUT2D eigenvalue weighted by atomic mass is 35.5. The summed E-state index contributed by atoms with van der Waals surface area (Å²) in [5, 5.41) is 3.00. The Hall–Kier alpha value is -0.280. The van der Waals surface area contributed by atoms with E-state index in [2.05, 4.69) is 26.1 Å². The minimum Gasteiger partial charge on any atom is -0.354 e. The molecule has 0 aliphatic heterocycles. The molecule has 2 atom stereocenters. The minimum absolute atomic E-state index is 0. The maximum absolute atomic E-state index is 11.4. The molecule has 0 aromatic carbocycles. The average Bonchev–Trinajstić information content (AvgIpc) is 2.11. The van der Waals surface area contributed by atoms with E-state index in [1.54, 1.807) is 0 Å². The van der Waals surface area contributed by atoms with Crippen molar-refractivity contribution in [2.75, 3.05) is 0 Å². The molecule has 0 heterocycles. The van der Waals surface area contributed by atoms with Gasteiger partial charge in [0, 0.05) is 18.5 Å². The maximum atomic E-state index is 11.4. The summed E-state index contributed by atoms with van der Waals surface area (Å²) in [6.07, 6.45) is 3.53. The molecular weight excluding hydrogens is 224 g/mol. The molecule has 0 aliphatic carbocycles. The number of carbonyl (C=O) groups excluding carboxylic acids is 1. The zero-order valence-corrected chi connectivity index (χ0v) is 11.8. The highest BCUT2D eigenvalue weighted by Crippen LogP contribution is 2.06. The lowest BCUT2D eigenvalue weighted by molar-refractivity contribution is -0.121. The molecule has 0 aliphatic rings. The molecule has 0 saturated heterocycles. The third-order valence-corrected chi connectivity index (χ3v) is 2.41. The standard InChI is InChI=1S/C12H26N2O.ClH/c1-9(2)5-7-11(4)14-12(15)8-6-10(3)13;/h9-11H,5-8,13H2,1-4H3,(H,14,15);1H. The molecule has 4 heteroatoms. The summed E-state index contributed by atoms with van der Waals surface area (Å²) in [5.74, 6) is 0.831. The molecule has 3 nitrogen and oxygen atoms in total. The summed E-state index contributed by atoms with van der Waals surface area (Å²) in [7, 11) is 0. The molecule has 0 saturated carbocycles. The third-order valence-electron chi connectivity index (χ3n) is 2.41. The Morgan fingerprint density at radius 2 is 1.69 bits per heavy atom. The van der Waals surface area contributed by atoms with Crippen molar-refractivity contribution in [3.63, 3.8) is 0 Å². The Morgan fingerprint density at radius 1 is 1.12 bits per heavy atom. The van der Waals surface area contributed by atoms with Gasteiger partial charge in [-0.2, -0.15) is 0 Å². The Bertz CT molecular complexity index is 184. The molecule has 0 radical (unpaired) electrons. The molecule has 3 N–H and O–H groups in total. The number of hydrogen-bond acceptors (Lipinski definition) is 2. The van der Waals surface area contributed by atoms with Crippen molar-refractivity contribution >= 4 is 18.3 Å². The number of carbonyl (C=O) groups is 1. The summed E-state index contributed by atoms with van der Waals surface area (Å²) in [6.45, 7) is 8.39. The Balaban J connectivity index is 0. The van der Waals surface area contributed by atoms with Crippen LogP contribution in [0.4, 0.5) is 0 Å². The van der Waals surface area contributed by atoms with Crippen LogP contribution in [0, 0.1) is 5.92 Å². The lowest BCUT2D eigenvalue weighted by Gasteiger charge is -2.15. The Kier molecular flexibility index (Phi) is 11.2. The molecule has 1 amide bonds. The lowest BCUT2D eigenvalue weighted by atomic mass is 10.0. The molecule has 0 rings (SSSR count). The zero-order chi connectivity index (χ0) is 11.8. The van der Waals surface area contributed by atoms with Crippen LogP contribution < -0.4 is 11.1 Å². The van der Waals surface area contributed by atoms with Crippen molar-refractivity contribution in [3.05, 3.63) is 0 Å². The predicted molar refractivity (Wildman–Crippen MR) is 71.8 cm³/mol. The van der Waals surface area contributed by atoms with E-state index < -0.39 is 0 Å². The number of rotatable bonds is 7. The average molecular weight is 251 g/mol. The second-order valence-electron chi connectivity index (χ2n) is 4.96. The highest BCUT2D eigenvalue weighted by Gasteiger charge is 2.08. The monoisotopic (exact) mass is 250 g/mol. The fourth-order valence-electron chi connectivity index (χ4n) is 1.36. The number of nitrogens with one attached hydrogen (secondary N) is 1. The Morgan fingerprint density at radius 3 is 2.12 bits per heavy atom. The van der Waals surface area contributed by atoms with Crippen LogP contribution >= 0.6 is 12.4 Å². The summed E-state index contributed by atoms with van der Waals surface area (Å²) in [4.78, 5) is 11.4. The van der Waals surface area contributed by atoms with Gasteiger partial charge in [-0.15, -0.1) is 12.4 Å². The van der Waals surface area contributed by atoms with E-state index in [0.29, 0.717) is 12.3 Å². The van der Waals surface area contributed by atoms with Crippen molar-refractivity contribution in [3.8, 4) is 0 Å². The molecule has 0 bridgehead atoms. The summed E-state index contributed by atoms with van der Waals surface area (Å²) >= 11 is 0. The quantitative estimate of drug-likeness (QED) is 0.729. The number of hydrogen-bond donors (Lipinski definition) is 2. The molecule has 0 spiro atoms. The summed E-state index contributed by atoms with van der Waals surface area (Å²) in [5.41, 5.74) is 5.59. The van der Waals surface area contributed by atoms with Crippen molar-refractivity contribution < 1.29 is 4.79 Å². The second-order valence-corrected chi connectivity index (χ2v) is 4.96. The van der Waals surface area contributed by atoms with Crippen LogP contribution in [0.5, 0.6) is 0 Å². The van der Waals surface area contributed by atoms with Crippen LogP contribution in [0.15, 0.2) is 0 Å². The Labute approximate surface area is 106 Å². The summed E-state index contributed by atoms with van der Waals surface area (Å²) < 4.78 is 0. The molecule has 2 unspecified atom stereocenters. The van der Waals surface area contributed by atoms with Gasteiger partial charge in [0.2, 0.25) is 5.91 Å². The largest absolute Gasteiger partial charge is 0.354 e. The fourth-order valence-corrected chi connectivity index (χ4v) is 1.36. The molecule has 0 fully saturated rings. The van der Waals surface area contributed by atoms with Crippen LogP contribution in [-0.2, 0) is 4.79 Å². The maximum Gasteiger partial charge on any atom is 0.220 e. The van der Waals surface area contributed by atoms with E-state index in [-0.39, 0.29) is 30.4 Å². The number of amides is 1. The van der Waals surface area contributed by atoms with Gasteiger partial charge in [0.05, 0.1) is 0 Å². The van der Waals surface area contributed by atoms with Crippen molar-refractivity contribution in [2.24, 2.45) is 11.7 Å². The van der Waals surface area contributed by atoms with Crippen LogP contribution in [-0.4, -0.2) is 18.0 Å². The van der Waals surface area contributed by atoms with Crippen LogP contribution in [0.1, 0.15) is 53.4 Å². The van der Waals surface area contributed by atoms with E-state index in [4.69, 9.17) is 5.73 Å². The zero-order valence-electron chi connectivity index (χ0n) is 11.0. The van der Waals surface area contributed by atoms with Crippen molar-refractivity contribution in [1.82, 2.24) is 5.32 Å². The van der Waals surface area contributed by atoms with Gasteiger partial charge in [0.15, 0.2) is 0 Å². The number of halogens is 1. The van der Waals surface area contributed by atoms with Gasteiger partial charge in [-0.25, -0.2) is 0 Å². The highest BCUT2D eigenvalue weighted by molar-refractivity contribution is 5.85. The van der Waals surface area contributed by atoms with Gasteiger partial charge in [-0.05, 0) is 39.0 Å². The third kappa shape index (κ3) is 11.8. The van der Waals surface area contributed by atoms with Gasteiger partial charge in [0.1, 0.15) is 0 Å². The van der Waals surface area contributed by atoms with Gasteiger partial charge in [-0.3, -0.25) is 4.79 Å². The van der Waals surface area contributed by atoms with Crippen LogP contribution in [0.2, 0.25) is 0 Å².